The third kappa shape index (κ3) is 4.83. The molecule has 0 N–H and O–H groups in total. The van der Waals surface area contributed by atoms with E-state index in [2.05, 4.69) is 223 Å². The summed E-state index contributed by atoms with van der Waals surface area (Å²) in [6.07, 6.45) is 0. The molecule has 4 nitrogen and oxygen atoms in total. The van der Waals surface area contributed by atoms with Crippen molar-refractivity contribution in [2.24, 2.45) is 0 Å². The number of hydrogen-bond acceptors (Lipinski definition) is 3. The lowest BCUT2D eigenvalue weighted by Gasteiger charge is -2.42. The second-order valence-electron chi connectivity index (χ2n) is 17.7. The average Bonchev–Trinajstić information content (AvgIpc) is 3.85. The third-order valence-electron chi connectivity index (χ3n) is 13.3. The van der Waals surface area contributed by atoms with Crippen LogP contribution in [0.1, 0.15) is 26.3 Å². The van der Waals surface area contributed by atoms with Gasteiger partial charge in [0, 0.05) is 55.5 Å². The number of rotatable bonds is 4. The first-order valence-electron chi connectivity index (χ1n) is 21.3. The van der Waals surface area contributed by atoms with Crippen molar-refractivity contribution < 1.29 is 4.42 Å². The highest BCUT2D eigenvalue weighted by Crippen LogP contribution is 2.51. The van der Waals surface area contributed by atoms with Crippen LogP contribution in [0.25, 0.3) is 71.3 Å². The zero-order valence-corrected chi connectivity index (χ0v) is 34.2. The highest BCUT2D eigenvalue weighted by Gasteiger charge is 2.45. The van der Waals surface area contributed by atoms with Crippen LogP contribution in [0.4, 0.5) is 28.4 Å². The molecule has 0 saturated heterocycles. The Morgan fingerprint density at radius 1 is 0.525 bits per heavy atom. The molecular weight excluding hydrogens is 741 g/mol. The number of fused-ring (bicyclic) bond motifs is 13. The number of hydrogen-bond donors (Lipinski definition) is 0. The molecule has 2 aliphatic rings. The van der Waals surface area contributed by atoms with Crippen molar-refractivity contribution in [3.8, 4) is 16.8 Å². The normalized spacial score (nSPS) is 13.1. The molecule has 2 aliphatic heterocycles. The first-order chi connectivity index (χ1) is 29.9. The standard InChI is InChI=1S/C56H40BN3O/c1-56(2,3)36-27-29-39(30-28-36)60-46-24-14-12-22-41(46)44-33-49(58(37-17-6-4-7-18-37)38-19-8-5-9-20-38)53-52-40-21-11-10-16-35(40)26-31-47(52)59-48-32-43-42-23-13-15-25-50(42)61-51(43)34-45(48)57(60)54(44)55(53)59/h4-34H,1-3H3. The van der Waals surface area contributed by atoms with Crippen molar-refractivity contribution in [2.45, 2.75) is 26.2 Å². The van der Waals surface area contributed by atoms with Gasteiger partial charge in [-0.15, -0.1) is 0 Å². The van der Waals surface area contributed by atoms with E-state index in [4.69, 9.17) is 4.42 Å². The molecule has 0 saturated carbocycles. The van der Waals surface area contributed by atoms with Crippen molar-refractivity contribution in [1.82, 2.24) is 4.57 Å². The maximum atomic E-state index is 6.73. The van der Waals surface area contributed by atoms with E-state index in [0.29, 0.717) is 0 Å². The largest absolute Gasteiger partial charge is 0.456 e. The predicted molar refractivity (Wildman–Crippen MR) is 258 cm³/mol. The Bertz CT molecular complexity index is 3540. The fourth-order valence-corrected chi connectivity index (χ4v) is 10.6. The van der Waals surface area contributed by atoms with E-state index in [1.807, 2.05) is 0 Å². The second-order valence-corrected chi connectivity index (χ2v) is 17.7. The Hall–Kier alpha value is -7.50. The minimum absolute atomic E-state index is 0.0327. The van der Waals surface area contributed by atoms with E-state index < -0.39 is 0 Å². The summed E-state index contributed by atoms with van der Waals surface area (Å²) >= 11 is 0. The molecule has 0 fully saturated rings. The van der Waals surface area contributed by atoms with Gasteiger partial charge in [0.15, 0.2) is 0 Å². The highest BCUT2D eigenvalue weighted by molar-refractivity contribution is 6.94. The van der Waals surface area contributed by atoms with Crippen LogP contribution in [0, 0.1) is 0 Å². The van der Waals surface area contributed by atoms with Gasteiger partial charge in [-0.25, -0.2) is 0 Å². The molecule has 0 radical (unpaired) electrons. The van der Waals surface area contributed by atoms with Gasteiger partial charge in [-0.2, -0.15) is 0 Å². The van der Waals surface area contributed by atoms with Gasteiger partial charge in [0.25, 0.3) is 0 Å². The smallest absolute Gasteiger partial charge is 0.333 e. The number of furan rings is 1. The van der Waals surface area contributed by atoms with E-state index in [1.54, 1.807) is 0 Å². The first kappa shape index (κ1) is 34.4. The van der Waals surface area contributed by atoms with Gasteiger partial charge < -0.3 is 18.7 Å². The van der Waals surface area contributed by atoms with E-state index >= 15 is 0 Å². The van der Waals surface area contributed by atoms with Gasteiger partial charge in [-0.05, 0) is 111 Å². The third-order valence-corrected chi connectivity index (χ3v) is 13.3. The van der Waals surface area contributed by atoms with Crippen LogP contribution in [-0.4, -0.2) is 11.4 Å². The van der Waals surface area contributed by atoms with E-state index in [0.717, 1.165) is 44.7 Å². The molecule has 11 aromatic rings. The summed E-state index contributed by atoms with van der Waals surface area (Å²) in [6, 6.07) is 69.3. The van der Waals surface area contributed by atoms with Crippen LogP contribution in [0.5, 0.6) is 0 Å². The van der Waals surface area contributed by atoms with Crippen LogP contribution in [0.15, 0.2) is 192 Å². The van der Waals surface area contributed by atoms with E-state index in [-0.39, 0.29) is 12.3 Å². The SMILES string of the molecule is CC(C)(C)c1ccc(N2B3c4cc5oc6ccccc6c5cc4-n4c5ccc6ccccc6c5c5c(N(c6ccccc6)c6ccccc6)cc(c3c54)-c3ccccc32)cc1. The Labute approximate surface area is 354 Å². The van der Waals surface area contributed by atoms with Crippen molar-refractivity contribution in [1.29, 1.82) is 0 Å². The number of nitrogens with zero attached hydrogens (tertiary/aromatic N) is 3. The summed E-state index contributed by atoms with van der Waals surface area (Å²) < 4.78 is 9.32. The minimum Gasteiger partial charge on any atom is -0.456 e. The summed E-state index contributed by atoms with van der Waals surface area (Å²) in [4.78, 5) is 5.07. The summed E-state index contributed by atoms with van der Waals surface area (Å²) in [5.74, 6) is 0. The quantitative estimate of drug-likeness (QED) is 0.166. The number of para-hydroxylation sites is 4. The van der Waals surface area contributed by atoms with Gasteiger partial charge in [0.05, 0.1) is 16.7 Å². The Morgan fingerprint density at radius 3 is 1.95 bits per heavy atom. The predicted octanol–water partition coefficient (Wildman–Crippen LogP) is 13.8. The van der Waals surface area contributed by atoms with Crippen LogP contribution in [0.3, 0.4) is 0 Å². The second kappa shape index (κ2) is 12.5. The molecule has 0 amide bonds. The van der Waals surface area contributed by atoms with Gasteiger partial charge in [0.2, 0.25) is 0 Å². The monoisotopic (exact) mass is 781 g/mol. The molecule has 2 aromatic heterocycles. The lowest BCUT2D eigenvalue weighted by atomic mass is 9.44. The fourth-order valence-electron chi connectivity index (χ4n) is 10.6. The first-order valence-corrected chi connectivity index (χ1v) is 21.3. The lowest BCUT2D eigenvalue weighted by Crippen LogP contribution is -2.60. The van der Waals surface area contributed by atoms with Crippen LogP contribution in [-0.2, 0) is 5.41 Å². The maximum Gasteiger partial charge on any atom is 0.333 e. The molecule has 9 aromatic carbocycles. The topological polar surface area (TPSA) is 24.6 Å². The Kier molecular flexibility index (Phi) is 7.05. The van der Waals surface area contributed by atoms with Crippen molar-refractivity contribution in [2.75, 3.05) is 9.71 Å². The molecule has 0 bridgehead atoms. The fraction of sp³-hybridized carbons (Fsp3) is 0.0714. The molecule has 61 heavy (non-hydrogen) atoms. The van der Waals surface area contributed by atoms with Gasteiger partial charge in [-0.1, -0.05) is 136 Å². The average molecular weight is 782 g/mol. The van der Waals surface area contributed by atoms with Crippen LogP contribution in [0.2, 0.25) is 0 Å². The molecular formula is C56H40BN3O. The molecule has 13 rings (SSSR count). The maximum absolute atomic E-state index is 6.73. The van der Waals surface area contributed by atoms with Crippen LogP contribution < -0.4 is 20.6 Å². The summed E-state index contributed by atoms with van der Waals surface area (Å²) in [6.45, 7) is 6.71. The van der Waals surface area contributed by atoms with Gasteiger partial charge in [0.1, 0.15) is 11.2 Å². The molecule has 0 atom stereocenters. The van der Waals surface area contributed by atoms with E-state index in [1.165, 1.54) is 71.6 Å². The molecule has 0 spiro atoms. The van der Waals surface area contributed by atoms with Gasteiger partial charge in [-0.3, -0.25) is 0 Å². The van der Waals surface area contributed by atoms with Crippen molar-refractivity contribution >= 4 is 101 Å². The zero-order valence-electron chi connectivity index (χ0n) is 34.2. The van der Waals surface area contributed by atoms with Gasteiger partial charge >= 0.3 is 6.85 Å². The number of aromatic nitrogens is 1. The zero-order chi connectivity index (χ0) is 40.6. The molecule has 0 aliphatic carbocycles. The lowest BCUT2D eigenvalue weighted by molar-refractivity contribution is 0.590. The molecule has 5 heteroatoms. The number of anilines is 5. The Morgan fingerprint density at radius 2 is 1.20 bits per heavy atom. The summed E-state index contributed by atoms with van der Waals surface area (Å²) in [5, 5.41) is 7.22. The summed E-state index contributed by atoms with van der Waals surface area (Å²) in [5.41, 5.74) is 17.5. The molecule has 0 unspecified atom stereocenters. The highest BCUT2D eigenvalue weighted by atomic mass is 16.3. The number of benzene rings is 9. The molecule has 4 heterocycles. The Balaban J connectivity index is 1.25. The van der Waals surface area contributed by atoms with Crippen molar-refractivity contribution in [3.05, 3.63) is 194 Å². The summed E-state index contributed by atoms with van der Waals surface area (Å²) in [7, 11) is 0. The van der Waals surface area contributed by atoms with E-state index in [9.17, 15) is 0 Å². The molecule has 288 valence electrons. The van der Waals surface area contributed by atoms with Crippen LogP contribution >= 0.6 is 0 Å². The minimum atomic E-state index is -0.153. The van der Waals surface area contributed by atoms with Crippen molar-refractivity contribution in [3.63, 3.8) is 0 Å².